The number of ether oxygens (including phenoxy) is 2. The van der Waals surface area contributed by atoms with E-state index in [0.29, 0.717) is 36.1 Å². The third kappa shape index (κ3) is 4.24. The number of hydrogen-bond donors (Lipinski definition) is 2. The standard InChI is InChI=1S/C15H21N3O3S/c1-20-11-5-6-12(13(10-11)21-2)17-15(22)16-7-9-18-8-3-4-14(18)19/h5-6,10H,3-4,7-9H2,1-2H3,(H2,16,17,22). The molecule has 6 nitrogen and oxygen atoms in total. The highest BCUT2D eigenvalue weighted by Gasteiger charge is 2.19. The Balaban J connectivity index is 1.82. The Labute approximate surface area is 135 Å². The van der Waals surface area contributed by atoms with Crippen LogP contribution in [0, 0.1) is 0 Å². The van der Waals surface area contributed by atoms with Crippen molar-refractivity contribution in [1.29, 1.82) is 0 Å². The fourth-order valence-corrected chi connectivity index (χ4v) is 2.53. The molecule has 1 aromatic carbocycles. The first-order chi connectivity index (χ1) is 10.6. The molecule has 1 heterocycles. The molecule has 0 unspecified atom stereocenters. The van der Waals surface area contributed by atoms with Crippen LogP contribution in [0.15, 0.2) is 18.2 Å². The number of nitrogens with one attached hydrogen (secondary N) is 2. The summed E-state index contributed by atoms with van der Waals surface area (Å²) in [6, 6.07) is 5.46. The van der Waals surface area contributed by atoms with Gasteiger partial charge < -0.3 is 25.0 Å². The lowest BCUT2D eigenvalue weighted by Gasteiger charge is -2.17. The van der Waals surface area contributed by atoms with Crippen molar-refractivity contribution in [3.05, 3.63) is 18.2 Å². The van der Waals surface area contributed by atoms with Gasteiger partial charge in [-0.2, -0.15) is 0 Å². The van der Waals surface area contributed by atoms with Crippen molar-refractivity contribution >= 4 is 28.9 Å². The van der Waals surface area contributed by atoms with E-state index in [1.807, 2.05) is 17.0 Å². The van der Waals surface area contributed by atoms with Crippen LogP contribution in [0.25, 0.3) is 0 Å². The molecular weight excluding hydrogens is 302 g/mol. The zero-order valence-electron chi connectivity index (χ0n) is 12.8. The Morgan fingerprint density at radius 2 is 2.18 bits per heavy atom. The Morgan fingerprint density at radius 1 is 1.36 bits per heavy atom. The van der Waals surface area contributed by atoms with Gasteiger partial charge in [0.1, 0.15) is 11.5 Å². The highest BCUT2D eigenvalue weighted by atomic mass is 32.1. The zero-order valence-corrected chi connectivity index (χ0v) is 13.7. The van der Waals surface area contributed by atoms with Gasteiger partial charge >= 0.3 is 0 Å². The van der Waals surface area contributed by atoms with Gasteiger partial charge in [0.15, 0.2) is 5.11 Å². The van der Waals surface area contributed by atoms with E-state index in [1.54, 1.807) is 20.3 Å². The molecule has 7 heteroatoms. The Hall–Kier alpha value is -2.02. The average Bonchev–Trinajstić information content (AvgIpc) is 2.93. The summed E-state index contributed by atoms with van der Waals surface area (Å²) >= 11 is 5.26. The summed E-state index contributed by atoms with van der Waals surface area (Å²) in [6.07, 6.45) is 1.61. The van der Waals surface area contributed by atoms with Crippen molar-refractivity contribution < 1.29 is 14.3 Å². The summed E-state index contributed by atoms with van der Waals surface area (Å²) in [6.45, 7) is 2.13. The van der Waals surface area contributed by atoms with E-state index < -0.39 is 0 Å². The Kier molecular flexibility index (Phi) is 5.83. The summed E-state index contributed by atoms with van der Waals surface area (Å²) in [7, 11) is 3.20. The van der Waals surface area contributed by atoms with Crippen LogP contribution in [-0.4, -0.2) is 49.8 Å². The maximum atomic E-state index is 11.5. The van der Waals surface area contributed by atoms with Crippen LogP contribution < -0.4 is 20.1 Å². The highest BCUT2D eigenvalue weighted by Crippen LogP contribution is 2.28. The van der Waals surface area contributed by atoms with Crippen LogP contribution in [-0.2, 0) is 4.79 Å². The largest absolute Gasteiger partial charge is 0.497 e. The molecule has 22 heavy (non-hydrogen) atoms. The number of carbonyl (C=O) groups excluding carboxylic acids is 1. The highest BCUT2D eigenvalue weighted by molar-refractivity contribution is 7.80. The number of likely N-dealkylation sites (tertiary alicyclic amines) is 1. The molecule has 0 atom stereocenters. The van der Waals surface area contributed by atoms with Gasteiger partial charge in [-0.3, -0.25) is 4.79 Å². The fourth-order valence-electron chi connectivity index (χ4n) is 2.31. The summed E-state index contributed by atoms with van der Waals surface area (Å²) in [5.74, 6) is 1.59. The minimum atomic E-state index is 0.220. The molecule has 0 bridgehead atoms. The van der Waals surface area contributed by atoms with Crippen LogP contribution in [0.4, 0.5) is 5.69 Å². The van der Waals surface area contributed by atoms with E-state index in [0.717, 1.165) is 18.7 Å². The van der Waals surface area contributed by atoms with Gasteiger partial charge in [0, 0.05) is 32.1 Å². The van der Waals surface area contributed by atoms with Crippen LogP contribution in [0.2, 0.25) is 0 Å². The number of hydrogen-bond acceptors (Lipinski definition) is 4. The maximum absolute atomic E-state index is 11.5. The second-order valence-electron chi connectivity index (χ2n) is 4.93. The summed E-state index contributed by atoms with van der Waals surface area (Å²) < 4.78 is 10.5. The second kappa shape index (κ2) is 7.84. The van der Waals surface area contributed by atoms with Crippen LogP contribution in [0.1, 0.15) is 12.8 Å². The molecule has 1 fully saturated rings. The average molecular weight is 323 g/mol. The predicted octanol–water partition coefficient (Wildman–Crippen LogP) is 1.61. The maximum Gasteiger partial charge on any atom is 0.222 e. The fraction of sp³-hybridized carbons (Fsp3) is 0.467. The second-order valence-corrected chi connectivity index (χ2v) is 5.34. The topological polar surface area (TPSA) is 62.8 Å². The van der Waals surface area contributed by atoms with Gasteiger partial charge in [0.2, 0.25) is 5.91 Å². The molecule has 0 aromatic heterocycles. The molecular formula is C15H21N3O3S. The Morgan fingerprint density at radius 3 is 2.82 bits per heavy atom. The number of carbonyl (C=O) groups is 1. The lowest BCUT2D eigenvalue weighted by molar-refractivity contribution is -0.127. The minimum Gasteiger partial charge on any atom is -0.497 e. The number of thiocarbonyl (C=S) groups is 1. The van der Waals surface area contributed by atoms with Crippen LogP contribution in [0.3, 0.4) is 0 Å². The number of anilines is 1. The number of benzene rings is 1. The molecule has 0 aliphatic carbocycles. The molecule has 0 radical (unpaired) electrons. The van der Waals surface area contributed by atoms with Crippen LogP contribution in [0.5, 0.6) is 11.5 Å². The number of methoxy groups -OCH3 is 2. The van der Waals surface area contributed by atoms with Gasteiger partial charge in [-0.15, -0.1) is 0 Å². The van der Waals surface area contributed by atoms with Crippen molar-refractivity contribution in [1.82, 2.24) is 10.2 Å². The first kappa shape index (κ1) is 16.4. The molecule has 120 valence electrons. The Bertz CT molecular complexity index is 551. The lowest BCUT2D eigenvalue weighted by atomic mass is 10.2. The lowest BCUT2D eigenvalue weighted by Crippen LogP contribution is -2.37. The number of rotatable bonds is 6. The van der Waals surface area contributed by atoms with Gasteiger partial charge in [0.05, 0.1) is 19.9 Å². The van der Waals surface area contributed by atoms with E-state index in [1.165, 1.54) is 0 Å². The quantitative estimate of drug-likeness (QED) is 0.776. The van der Waals surface area contributed by atoms with E-state index in [9.17, 15) is 4.79 Å². The van der Waals surface area contributed by atoms with Gasteiger partial charge in [-0.05, 0) is 30.8 Å². The van der Waals surface area contributed by atoms with Crippen molar-refractivity contribution in [2.45, 2.75) is 12.8 Å². The first-order valence-corrected chi connectivity index (χ1v) is 7.59. The van der Waals surface area contributed by atoms with E-state index in [2.05, 4.69) is 10.6 Å². The summed E-state index contributed by atoms with van der Waals surface area (Å²) in [5.41, 5.74) is 0.762. The monoisotopic (exact) mass is 323 g/mol. The van der Waals surface area contributed by atoms with Gasteiger partial charge in [-0.1, -0.05) is 0 Å². The normalized spacial score (nSPS) is 13.9. The zero-order chi connectivity index (χ0) is 15.9. The number of nitrogens with zero attached hydrogens (tertiary/aromatic N) is 1. The molecule has 1 saturated heterocycles. The molecule has 2 rings (SSSR count). The predicted molar refractivity (Wildman–Crippen MR) is 89.6 cm³/mol. The van der Waals surface area contributed by atoms with Gasteiger partial charge in [0.25, 0.3) is 0 Å². The van der Waals surface area contributed by atoms with Crippen LogP contribution >= 0.6 is 12.2 Å². The van der Waals surface area contributed by atoms with E-state index >= 15 is 0 Å². The summed E-state index contributed by atoms with van der Waals surface area (Å²) in [4.78, 5) is 13.4. The third-order valence-corrected chi connectivity index (χ3v) is 3.74. The van der Waals surface area contributed by atoms with Crippen molar-refractivity contribution in [2.75, 3.05) is 39.2 Å². The van der Waals surface area contributed by atoms with Crippen molar-refractivity contribution in [3.63, 3.8) is 0 Å². The molecule has 1 amide bonds. The number of amides is 1. The molecule has 1 aliphatic heterocycles. The van der Waals surface area contributed by atoms with E-state index in [4.69, 9.17) is 21.7 Å². The van der Waals surface area contributed by atoms with Crippen molar-refractivity contribution in [3.8, 4) is 11.5 Å². The van der Waals surface area contributed by atoms with Gasteiger partial charge in [-0.25, -0.2) is 0 Å². The molecule has 0 saturated carbocycles. The molecule has 2 N–H and O–H groups in total. The molecule has 0 spiro atoms. The first-order valence-electron chi connectivity index (χ1n) is 7.18. The molecule has 1 aromatic rings. The smallest absolute Gasteiger partial charge is 0.222 e. The third-order valence-electron chi connectivity index (χ3n) is 3.50. The van der Waals surface area contributed by atoms with Crippen molar-refractivity contribution in [2.24, 2.45) is 0 Å². The SMILES string of the molecule is COc1ccc(NC(=S)NCCN2CCCC2=O)c(OC)c1. The molecule has 1 aliphatic rings. The van der Waals surface area contributed by atoms with E-state index in [-0.39, 0.29) is 5.91 Å². The minimum absolute atomic E-state index is 0.220. The summed E-state index contributed by atoms with van der Waals surface area (Å²) in [5, 5.41) is 6.68.